The van der Waals surface area contributed by atoms with Crippen molar-refractivity contribution < 1.29 is 39.1 Å². The zero-order valence-electron chi connectivity index (χ0n) is 21.4. The van der Waals surface area contributed by atoms with Crippen molar-refractivity contribution in [3.8, 4) is 0 Å². The fourth-order valence-electron chi connectivity index (χ4n) is 9.53. The van der Waals surface area contributed by atoms with Gasteiger partial charge in [0, 0.05) is 17.9 Å². The topological polar surface area (TPSA) is 123 Å². The molecule has 3 N–H and O–H groups in total. The Morgan fingerprint density at radius 3 is 2.49 bits per heavy atom. The Morgan fingerprint density at radius 1 is 1.17 bits per heavy atom. The molecule has 196 valence electrons. The molecule has 4 aliphatic carbocycles. The number of allylic oxidation sites excluding steroid dienone is 1. The summed E-state index contributed by atoms with van der Waals surface area (Å²) in [6.45, 7) is 7.94. The van der Waals surface area contributed by atoms with Gasteiger partial charge in [0.2, 0.25) is 0 Å². The van der Waals surface area contributed by atoms with Gasteiger partial charge in [-0.25, -0.2) is 0 Å². The Bertz CT molecular complexity index is 928. The Labute approximate surface area is 207 Å². The molecule has 0 radical (unpaired) electrons. The van der Waals surface area contributed by atoms with Gasteiger partial charge in [0.15, 0.2) is 6.29 Å². The quantitative estimate of drug-likeness (QED) is 0.382. The maximum atomic E-state index is 13.5. The zero-order chi connectivity index (χ0) is 25.5. The van der Waals surface area contributed by atoms with Crippen LogP contribution in [0.25, 0.3) is 0 Å². The van der Waals surface area contributed by atoms with Crippen molar-refractivity contribution in [2.75, 3.05) is 13.7 Å². The number of fused-ring (bicyclic) bond motifs is 2. The van der Waals surface area contributed by atoms with Crippen LogP contribution in [-0.4, -0.2) is 72.0 Å². The molecule has 35 heavy (non-hydrogen) atoms. The van der Waals surface area contributed by atoms with Crippen molar-refractivity contribution in [3.63, 3.8) is 0 Å². The summed E-state index contributed by atoms with van der Waals surface area (Å²) in [5, 5.41) is 32.3. The summed E-state index contributed by atoms with van der Waals surface area (Å²) in [6, 6.07) is 0. The van der Waals surface area contributed by atoms with Gasteiger partial charge in [0.05, 0.1) is 12.7 Å². The van der Waals surface area contributed by atoms with E-state index in [0.29, 0.717) is 25.2 Å². The van der Waals surface area contributed by atoms with Gasteiger partial charge < -0.3 is 34.3 Å². The third-order valence-electron chi connectivity index (χ3n) is 10.8. The van der Waals surface area contributed by atoms with Crippen LogP contribution in [0.2, 0.25) is 0 Å². The van der Waals surface area contributed by atoms with Crippen LogP contribution in [0.1, 0.15) is 59.8 Å². The minimum Gasteiger partial charge on any atom is -0.481 e. The van der Waals surface area contributed by atoms with Crippen molar-refractivity contribution in [1.29, 1.82) is 0 Å². The highest BCUT2D eigenvalue weighted by molar-refractivity contribution is 5.90. The molecule has 8 heteroatoms. The van der Waals surface area contributed by atoms with E-state index in [1.54, 1.807) is 6.92 Å². The molecule has 0 aromatic heterocycles. The first-order chi connectivity index (χ1) is 16.5. The molecule has 5 fully saturated rings. The van der Waals surface area contributed by atoms with E-state index in [0.717, 1.165) is 30.3 Å². The van der Waals surface area contributed by atoms with Crippen LogP contribution in [0.5, 0.6) is 0 Å². The van der Waals surface area contributed by atoms with Gasteiger partial charge in [0.1, 0.15) is 30.0 Å². The number of ether oxygens (including phenoxy) is 3. The van der Waals surface area contributed by atoms with E-state index in [1.807, 2.05) is 13.8 Å². The highest BCUT2D eigenvalue weighted by atomic mass is 16.7. The number of carboxylic acids is 1. The number of carbonyl (C=O) groups excluding carboxylic acids is 1. The summed E-state index contributed by atoms with van der Waals surface area (Å²) in [4.78, 5) is 26.5. The number of aliphatic hydroxyl groups is 2. The lowest BCUT2D eigenvalue weighted by Gasteiger charge is -2.57. The minimum absolute atomic E-state index is 0.00121. The average Bonchev–Trinajstić information content (AvgIpc) is 3.38. The van der Waals surface area contributed by atoms with Gasteiger partial charge in [-0.1, -0.05) is 24.5 Å². The molecule has 1 aliphatic heterocycles. The Morgan fingerprint density at radius 2 is 1.89 bits per heavy atom. The van der Waals surface area contributed by atoms with Crippen LogP contribution in [0.3, 0.4) is 0 Å². The average molecular weight is 493 g/mol. The Balaban J connectivity index is 1.58. The Kier molecular flexibility index (Phi) is 6.04. The maximum absolute atomic E-state index is 13.5. The van der Waals surface area contributed by atoms with E-state index < -0.39 is 52.9 Å². The highest BCUT2D eigenvalue weighted by Gasteiger charge is 2.85. The third kappa shape index (κ3) is 2.92. The van der Waals surface area contributed by atoms with Crippen molar-refractivity contribution in [3.05, 3.63) is 11.1 Å². The van der Waals surface area contributed by atoms with E-state index in [4.69, 9.17) is 14.2 Å². The number of aldehydes is 1. The molecule has 4 saturated carbocycles. The predicted octanol–water partition coefficient (Wildman–Crippen LogP) is 2.55. The molecule has 0 spiro atoms. The third-order valence-corrected chi connectivity index (χ3v) is 10.8. The molecule has 4 bridgehead atoms. The van der Waals surface area contributed by atoms with Gasteiger partial charge in [-0.15, -0.1) is 0 Å². The molecule has 8 nitrogen and oxygen atoms in total. The number of aliphatic carboxylic acids is 1. The van der Waals surface area contributed by atoms with Crippen molar-refractivity contribution in [1.82, 2.24) is 0 Å². The van der Waals surface area contributed by atoms with Gasteiger partial charge in [-0.3, -0.25) is 4.79 Å². The van der Waals surface area contributed by atoms with E-state index >= 15 is 0 Å². The lowest BCUT2D eigenvalue weighted by molar-refractivity contribution is -0.306. The number of aliphatic hydroxyl groups excluding tert-OH is 2. The standard InChI is InChI=1S/C27H40O8/c1-13(2)19-8-16-9-25(11-28)18-7-6-14(3)17(18)10-26(16,27(19,25)24(31)32)12-34-23-21(30)20(29)22(33-5)15(4)35-23/h11,14-18,20-23,29-30H,6-10,12H2,1-5H3,(H,31,32)/t14-,15-,16-,17-,18-,20+,21+,22-,23-,25+,26+,27+/m1/s1. The van der Waals surface area contributed by atoms with Gasteiger partial charge in [-0.05, 0) is 70.1 Å². The summed E-state index contributed by atoms with van der Waals surface area (Å²) in [7, 11) is 1.45. The van der Waals surface area contributed by atoms with Crippen LogP contribution in [0.15, 0.2) is 11.1 Å². The number of hydrogen-bond donors (Lipinski definition) is 3. The van der Waals surface area contributed by atoms with Crippen LogP contribution in [-0.2, 0) is 23.8 Å². The first kappa shape index (κ1) is 25.3. The molecule has 12 atom stereocenters. The maximum Gasteiger partial charge on any atom is 0.315 e. The second-order valence-electron chi connectivity index (χ2n) is 12.2. The lowest BCUT2D eigenvalue weighted by atomic mass is 9.43. The minimum atomic E-state index is -1.33. The van der Waals surface area contributed by atoms with Gasteiger partial charge in [-0.2, -0.15) is 0 Å². The molecule has 5 aliphatic rings. The molecule has 0 amide bonds. The van der Waals surface area contributed by atoms with E-state index in [-0.39, 0.29) is 24.4 Å². The monoisotopic (exact) mass is 492 g/mol. The van der Waals surface area contributed by atoms with Crippen LogP contribution >= 0.6 is 0 Å². The molecule has 5 rings (SSSR count). The number of carbonyl (C=O) groups is 2. The first-order valence-electron chi connectivity index (χ1n) is 13.0. The first-order valence-corrected chi connectivity index (χ1v) is 13.0. The summed E-state index contributed by atoms with van der Waals surface area (Å²) in [6.07, 6.45) is -0.0429. The summed E-state index contributed by atoms with van der Waals surface area (Å²) in [5.74, 6) is -0.197. The molecule has 0 aromatic carbocycles. The number of methoxy groups -OCH3 is 1. The van der Waals surface area contributed by atoms with Crippen LogP contribution < -0.4 is 0 Å². The Hall–Kier alpha value is -1.32. The van der Waals surface area contributed by atoms with Gasteiger partial charge in [0.25, 0.3) is 0 Å². The van der Waals surface area contributed by atoms with E-state index in [2.05, 4.69) is 6.92 Å². The number of carboxylic acid groups (broad SMARTS) is 1. The summed E-state index contributed by atoms with van der Waals surface area (Å²) < 4.78 is 17.4. The fraction of sp³-hybridized carbons (Fsp3) is 0.852. The summed E-state index contributed by atoms with van der Waals surface area (Å²) in [5.41, 5.74) is -1.20. The summed E-state index contributed by atoms with van der Waals surface area (Å²) >= 11 is 0. The second kappa shape index (κ2) is 8.35. The normalized spacial score (nSPS) is 52.4. The molecule has 0 unspecified atom stereocenters. The largest absolute Gasteiger partial charge is 0.481 e. The number of hydrogen-bond acceptors (Lipinski definition) is 7. The predicted molar refractivity (Wildman–Crippen MR) is 125 cm³/mol. The molecular formula is C27H40O8. The SMILES string of the molecule is CO[C@H]1[C@@H](O)[C@H](O)[C@H](OC[C@@]23C[C@@H]4[C@H](C)CC[C@H]4[C@@]4(C=O)C[C@H]2CC(=C(C)C)[C@@]34C(=O)O)O[C@@H]1C. The van der Waals surface area contributed by atoms with E-state index in [9.17, 15) is 24.9 Å². The second-order valence-corrected chi connectivity index (χ2v) is 12.2. The van der Waals surface area contributed by atoms with Crippen LogP contribution in [0, 0.1) is 39.9 Å². The lowest BCUT2D eigenvalue weighted by Crippen LogP contribution is -2.63. The van der Waals surface area contributed by atoms with Gasteiger partial charge >= 0.3 is 5.97 Å². The van der Waals surface area contributed by atoms with Crippen LogP contribution in [0.4, 0.5) is 0 Å². The van der Waals surface area contributed by atoms with Crippen molar-refractivity contribution in [2.24, 2.45) is 39.9 Å². The molecule has 1 heterocycles. The molecular weight excluding hydrogens is 452 g/mol. The smallest absolute Gasteiger partial charge is 0.315 e. The fourth-order valence-corrected chi connectivity index (χ4v) is 9.53. The van der Waals surface area contributed by atoms with E-state index in [1.165, 1.54) is 7.11 Å². The molecule has 0 aromatic rings. The van der Waals surface area contributed by atoms with Crippen molar-refractivity contribution >= 4 is 12.3 Å². The van der Waals surface area contributed by atoms with Crippen molar-refractivity contribution in [2.45, 2.75) is 90.5 Å². The molecule has 1 saturated heterocycles. The highest BCUT2D eigenvalue weighted by Crippen LogP contribution is 2.84. The zero-order valence-corrected chi connectivity index (χ0v) is 21.4. The number of rotatable bonds is 6.